The largest absolute Gasteiger partial charge is 0.459 e. The van der Waals surface area contributed by atoms with Crippen molar-refractivity contribution >= 4 is 23.0 Å². The summed E-state index contributed by atoms with van der Waals surface area (Å²) in [5, 5.41) is 0.730. The van der Waals surface area contributed by atoms with Gasteiger partial charge in [0, 0.05) is 24.1 Å². The molecule has 2 rings (SSSR count). The van der Waals surface area contributed by atoms with Crippen LogP contribution in [0.1, 0.15) is 36.5 Å². The molecule has 7 nitrogen and oxygen atoms in total. The number of carbonyl (C=O) groups excluding carboxylic acids is 2. The number of methoxy groups -OCH3 is 1. The third-order valence-corrected chi connectivity index (χ3v) is 4.08. The van der Waals surface area contributed by atoms with Crippen LogP contribution in [0.4, 0.5) is 4.79 Å². The molecule has 140 valence electrons. The van der Waals surface area contributed by atoms with Crippen LogP contribution in [0, 0.1) is 6.92 Å². The summed E-state index contributed by atoms with van der Waals surface area (Å²) < 4.78 is 15.0. The van der Waals surface area contributed by atoms with Gasteiger partial charge in [-0.3, -0.25) is 4.79 Å². The van der Waals surface area contributed by atoms with Crippen LogP contribution in [-0.4, -0.2) is 37.7 Å². The highest BCUT2D eigenvalue weighted by Crippen LogP contribution is 2.27. The van der Waals surface area contributed by atoms with Crippen molar-refractivity contribution < 1.29 is 23.5 Å². The summed E-state index contributed by atoms with van der Waals surface area (Å²) in [6.45, 7) is 5.79. The first-order valence-electron chi connectivity index (χ1n) is 8.25. The summed E-state index contributed by atoms with van der Waals surface area (Å²) >= 11 is 0. The number of likely N-dealkylation sites (N-methyl/N-ethyl adjacent to an activating group) is 1. The lowest BCUT2D eigenvalue weighted by molar-refractivity contribution is -0.145. The first-order valence-corrected chi connectivity index (χ1v) is 8.25. The molecule has 0 fully saturated rings. The van der Waals surface area contributed by atoms with E-state index in [1.165, 1.54) is 20.2 Å². The van der Waals surface area contributed by atoms with Crippen molar-refractivity contribution in [1.82, 2.24) is 4.90 Å². The fourth-order valence-corrected chi connectivity index (χ4v) is 2.75. The van der Waals surface area contributed by atoms with E-state index in [-0.39, 0.29) is 13.2 Å². The second kappa shape index (κ2) is 8.03. The molecule has 26 heavy (non-hydrogen) atoms. The summed E-state index contributed by atoms with van der Waals surface area (Å²) in [6, 6.07) is 5.10. The lowest BCUT2D eigenvalue weighted by Gasteiger charge is -2.15. The molecule has 1 amide bonds. The van der Waals surface area contributed by atoms with Gasteiger partial charge in [0.1, 0.15) is 18.7 Å². The average molecular weight is 361 g/mol. The predicted molar refractivity (Wildman–Crippen MR) is 96.1 cm³/mol. The Morgan fingerprint density at radius 3 is 2.54 bits per heavy atom. The molecule has 7 heteroatoms. The van der Waals surface area contributed by atoms with E-state index in [0.29, 0.717) is 17.1 Å². The van der Waals surface area contributed by atoms with E-state index in [4.69, 9.17) is 9.15 Å². The molecule has 2 aromatic rings. The Hall–Kier alpha value is -2.83. The van der Waals surface area contributed by atoms with E-state index >= 15 is 0 Å². The zero-order valence-corrected chi connectivity index (χ0v) is 15.6. The third kappa shape index (κ3) is 4.41. The molecule has 0 aliphatic carbocycles. The van der Waals surface area contributed by atoms with E-state index in [1.54, 1.807) is 0 Å². The van der Waals surface area contributed by atoms with Gasteiger partial charge in [-0.2, -0.15) is 0 Å². The quantitative estimate of drug-likeness (QED) is 0.601. The number of aryl methyl sites for hydroxylation is 1. The van der Waals surface area contributed by atoms with Crippen LogP contribution in [0.15, 0.2) is 27.4 Å². The van der Waals surface area contributed by atoms with Crippen molar-refractivity contribution in [3.05, 3.63) is 45.3 Å². The topological polar surface area (TPSA) is 86.0 Å². The van der Waals surface area contributed by atoms with Crippen LogP contribution in [0.3, 0.4) is 0 Å². The number of esters is 1. The molecule has 0 unspecified atom stereocenters. The minimum Gasteiger partial charge on any atom is -0.459 e. The molecule has 0 aliphatic rings. The molecule has 1 aromatic carbocycles. The zero-order valence-electron chi connectivity index (χ0n) is 15.6. The van der Waals surface area contributed by atoms with E-state index in [0.717, 1.165) is 21.4 Å². The number of hydrogen-bond donors (Lipinski definition) is 0. The molecule has 0 spiro atoms. The van der Waals surface area contributed by atoms with Gasteiger partial charge >= 0.3 is 17.7 Å². The molecule has 0 aliphatic heterocycles. The van der Waals surface area contributed by atoms with Gasteiger partial charge in [-0.25, -0.2) is 9.59 Å². The van der Waals surface area contributed by atoms with Crippen LogP contribution in [0.25, 0.3) is 11.0 Å². The maximum Gasteiger partial charge on any atom is 0.409 e. The smallest absolute Gasteiger partial charge is 0.409 e. The average Bonchev–Trinajstić information content (AvgIpc) is 2.57. The number of rotatable bonds is 5. The number of ether oxygens (including phenoxy) is 2. The van der Waals surface area contributed by atoms with Crippen LogP contribution >= 0.6 is 0 Å². The number of fused-ring (bicyclic) bond motifs is 1. The Morgan fingerprint density at radius 1 is 1.23 bits per heavy atom. The Morgan fingerprint density at radius 2 is 1.92 bits per heavy atom. The van der Waals surface area contributed by atoms with Crippen molar-refractivity contribution in [2.75, 3.05) is 20.7 Å². The second-order valence-electron chi connectivity index (χ2n) is 6.44. The van der Waals surface area contributed by atoms with Gasteiger partial charge in [0.2, 0.25) is 0 Å². The first kappa shape index (κ1) is 19.5. The van der Waals surface area contributed by atoms with Crippen molar-refractivity contribution in [1.29, 1.82) is 0 Å². The molecule has 1 heterocycles. The third-order valence-electron chi connectivity index (χ3n) is 4.08. The summed E-state index contributed by atoms with van der Waals surface area (Å²) in [5.41, 5.74) is 2.67. The molecule has 0 N–H and O–H groups in total. The fraction of sp³-hybridized carbons (Fsp3) is 0.421. The molecular weight excluding hydrogens is 338 g/mol. The number of hydrogen-bond acceptors (Lipinski definition) is 6. The number of benzene rings is 1. The molecule has 0 atom stereocenters. The van der Waals surface area contributed by atoms with Gasteiger partial charge in [-0.05, 0) is 36.1 Å². The summed E-state index contributed by atoms with van der Waals surface area (Å²) in [6.07, 6.45) is -0.634. The normalized spacial score (nSPS) is 10.8. The summed E-state index contributed by atoms with van der Waals surface area (Å²) in [5.74, 6) is -0.300. The molecular formula is C19H23NO6. The Kier molecular flexibility index (Phi) is 6.02. The molecule has 0 saturated heterocycles. The lowest BCUT2D eigenvalue weighted by Crippen LogP contribution is -2.32. The number of amides is 1. The van der Waals surface area contributed by atoms with Crippen LogP contribution in [-0.2, 0) is 20.9 Å². The van der Waals surface area contributed by atoms with E-state index < -0.39 is 17.7 Å². The van der Waals surface area contributed by atoms with Gasteiger partial charge in [0.15, 0.2) is 0 Å². The highest BCUT2D eigenvalue weighted by molar-refractivity contribution is 5.82. The zero-order chi connectivity index (χ0) is 19.4. The summed E-state index contributed by atoms with van der Waals surface area (Å²) in [4.78, 5) is 36.1. The van der Waals surface area contributed by atoms with Crippen LogP contribution < -0.4 is 5.63 Å². The highest BCUT2D eigenvalue weighted by Gasteiger charge is 2.16. The highest BCUT2D eigenvalue weighted by atomic mass is 16.5. The maximum absolute atomic E-state index is 11.9. The van der Waals surface area contributed by atoms with E-state index in [2.05, 4.69) is 18.6 Å². The van der Waals surface area contributed by atoms with Crippen LogP contribution in [0.2, 0.25) is 0 Å². The summed E-state index contributed by atoms with van der Waals surface area (Å²) in [7, 11) is 2.66. The fourth-order valence-electron chi connectivity index (χ4n) is 2.75. The van der Waals surface area contributed by atoms with Gasteiger partial charge in [-0.1, -0.05) is 13.8 Å². The minimum absolute atomic E-state index is 0.0868. The first-order chi connectivity index (χ1) is 12.2. The molecule has 0 bridgehead atoms. The molecule has 1 aromatic heterocycles. The Labute approximate surface area is 151 Å². The van der Waals surface area contributed by atoms with Crippen molar-refractivity contribution in [2.24, 2.45) is 0 Å². The molecule has 0 radical (unpaired) electrons. The van der Waals surface area contributed by atoms with Crippen molar-refractivity contribution in [3.8, 4) is 0 Å². The Bertz CT molecular complexity index is 883. The van der Waals surface area contributed by atoms with Gasteiger partial charge in [0.25, 0.3) is 0 Å². The van der Waals surface area contributed by atoms with Crippen molar-refractivity contribution in [3.63, 3.8) is 0 Å². The Balaban J connectivity index is 2.26. The monoisotopic (exact) mass is 361 g/mol. The van der Waals surface area contributed by atoms with E-state index in [9.17, 15) is 14.4 Å². The maximum atomic E-state index is 11.9. The SMILES string of the molecule is COC(=O)N(C)CC(=O)OCc1cc(=O)oc2cc(C)c(C(C)C)cc12. The lowest BCUT2D eigenvalue weighted by atomic mass is 9.95. The van der Waals surface area contributed by atoms with Gasteiger partial charge in [-0.15, -0.1) is 0 Å². The number of carbonyl (C=O) groups is 2. The molecule has 0 saturated carbocycles. The standard InChI is InChI=1S/C19H23NO6/c1-11(2)14-8-15-13(7-17(21)26-16(15)6-12(14)3)10-25-18(22)9-20(4)19(23)24-5/h6-8,11H,9-10H2,1-5H3. The number of nitrogens with zero attached hydrogens (tertiary/aromatic N) is 1. The van der Waals surface area contributed by atoms with Crippen molar-refractivity contribution in [2.45, 2.75) is 33.3 Å². The second-order valence-corrected chi connectivity index (χ2v) is 6.44. The predicted octanol–water partition coefficient (Wildman–Crippen LogP) is 2.97. The van der Waals surface area contributed by atoms with Crippen LogP contribution in [0.5, 0.6) is 0 Å². The van der Waals surface area contributed by atoms with Gasteiger partial charge in [0.05, 0.1) is 7.11 Å². The van der Waals surface area contributed by atoms with Gasteiger partial charge < -0.3 is 18.8 Å². The minimum atomic E-state index is -0.634. The van der Waals surface area contributed by atoms with E-state index in [1.807, 2.05) is 19.1 Å².